The van der Waals surface area contributed by atoms with Crippen LogP contribution in [0.2, 0.25) is 0 Å². The number of aryl methyl sites for hydroxylation is 1. The van der Waals surface area contributed by atoms with E-state index in [0.717, 1.165) is 16.8 Å². The molecule has 0 aliphatic heterocycles. The topological polar surface area (TPSA) is 37.8 Å². The highest BCUT2D eigenvalue weighted by Gasteiger charge is 2.14. The third-order valence-corrected chi connectivity index (χ3v) is 3.08. The van der Waals surface area contributed by atoms with Crippen molar-refractivity contribution in [2.75, 3.05) is 0 Å². The molecule has 1 aromatic heterocycles. The highest BCUT2D eigenvalue weighted by atomic mass is 16.1. The van der Waals surface area contributed by atoms with Crippen LogP contribution in [0.15, 0.2) is 29.1 Å². The number of aromatic amines is 1. The van der Waals surface area contributed by atoms with Gasteiger partial charge in [0.15, 0.2) is 0 Å². The molecular weight excluding hydrogens is 212 g/mol. The van der Waals surface area contributed by atoms with Gasteiger partial charge in [-0.1, -0.05) is 24.3 Å². The van der Waals surface area contributed by atoms with Gasteiger partial charge in [-0.3, -0.25) is 9.89 Å². The summed E-state index contributed by atoms with van der Waals surface area (Å²) in [7, 11) is 0. The van der Waals surface area contributed by atoms with Crippen molar-refractivity contribution >= 4 is 0 Å². The number of hydrogen-bond donors (Lipinski definition) is 1. The Morgan fingerprint density at radius 3 is 2.35 bits per heavy atom. The van der Waals surface area contributed by atoms with Gasteiger partial charge in [-0.2, -0.15) is 0 Å². The van der Waals surface area contributed by atoms with Crippen molar-refractivity contribution in [1.29, 1.82) is 0 Å². The molecule has 0 radical (unpaired) electrons. The fourth-order valence-corrected chi connectivity index (χ4v) is 2.02. The number of H-pyrrole nitrogens is 1. The van der Waals surface area contributed by atoms with Gasteiger partial charge in [-0.05, 0) is 33.3 Å². The summed E-state index contributed by atoms with van der Waals surface area (Å²) in [6, 6.07) is 8.25. The van der Waals surface area contributed by atoms with Crippen molar-refractivity contribution in [2.24, 2.45) is 0 Å². The molecule has 0 spiro atoms. The summed E-state index contributed by atoms with van der Waals surface area (Å²) in [5, 5.41) is 3.21. The molecule has 3 heteroatoms. The predicted molar refractivity (Wildman–Crippen MR) is 70.3 cm³/mol. The zero-order chi connectivity index (χ0) is 12.6. The number of hydrogen-bond acceptors (Lipinski definition) is 1. The molecule has 0 aliphatic carbocycles. The van der Waals surface area contributed by atoms with Crippen LogP contribution >= 0.6 is 0 Å². The largest absolute Gasteiger partial charge is 0.294 e. The molecule has 2 aromatic rings. The van der Waals surface area contributed by atoms with Crippen LogP contribution in [0.1, 0.15) is 31.0 Å². The first-order chi connectivity index (χ1) is 8.02. The lowest BCUT2D eigenvalue weighted by atomic mass is 10.0. The van der Waals surface area contributed by atoms with E-state index >= 15 is 0 Å². The third-order valence-electron chi connectivity index (χ3n) is 3.08. The van der Waals surface area contributed by atoms with Crippen molar-refractivity contribution in [3.63, 3.8) is 0 Å². The number of nitrogens with one attached hydrogen (secondary N) is 1. The highest BCUT2D eigenvalue weighted by molar-refractivity contribution is 5.66. The first-order valence-electron chi connectivity index (χ1n) is 5.89. The minimum atomic E-state index is 0.0678. The summed E-state index contributed by atoms with van der Waals surface area (Å²) >= 11 is 0. The quantitative estimate of drug-likeness (QED) is 0.846. The number of nitrogens with zero attached hydrogens (tertiary/aromatic N) is 1. The Morgan fingerprint density at radius 2 is 1.82 bits per heavy atom. The Bertz CT molecular complexity index is 591. The van der Waals surface area contributed by atoms with Crippen LogP contribution in [0.4, 0.5) is 0 Å². The average Bonchev–Trinajstić information content (AvgIpc) is 2.57. The molecule has 0 unspecified atom stereocenters. The first-order valence-corrected chi connectivity index (χ1v) is 5.89. The van der Waals surface area contributed by atoms with Gasteiger partial charge in [-0.15, -0.1) is 0 Å². The van der Waals surface area contributed by atoms with Gasteiger partial charge in [-0.25, -0.2) is 4.68 Å². The Balaban J connectivity index is 2.66. The van der Waals surface area contributed by atoms with Crippen molar-refractivity contribution in [1.82, 2.24) is 9.78 Å². The number of benzene rings is 1. The second-order valence-electron chi connectivity index (χ2n) is 4.70. The maximum atomic E-state index is 12.0. The molecule has 90 valence electrons. The summed E-state index contributed by atoms with van der Waals surface area (Å²) in [6.07, 6.45) is 0. The van der Waals surface area contributed by atoms with Crippen LogP contribution in [0, 0.1) is 13.8 Å². The molecule has 0 amide bonds. The minimum absolute atomic E-state index is 0.0678. The lowest BCUT2D eigenvalue weighted by Crippen LogP contribution is -2.19. The number of rotatable bonds is 2. The fraction of sp³-hybridized carbons (Fsp3) is 0.357. The van der Waals surface area contributed by atoms with E-state index in [1.54, 1.807) is 4.68 Å². The summed E-state index contributed by atoms with van der Waals surface area (Å²) in [6.45, 7) is 7.93. The lowest BCUT2D eigenvalue weighted by Gasteiger charge is -2.06. The Labute approximate surface area is 101 Å². The van der Waals surface area contributed by atoms with Gasteiger partial charge >= 0.3 is 0 Å². The Hall–Kier alpha value is -1.77. The van der Waals surface area contributed by atoms with E-state index in [1.165, 1.54) is 5.56 Å². The van der Waals surface area contributed by atoms with Crippen LogP contribution in [0.5, 0.6) is 0 Å². The molecular formula is C14H18N2O. The minimum Gasteiger partial charge on any atom is -0.294 e. The molecule has 2 rings (SSSR count). The van der Waals surface area contributed by atoms with Crippen molar-refractivity contribution < 1.29 is 0 Å². The molecule has 1 N–H and O–H groups in total. The van der Waals surface area contributed by atoms with Crippen molar-refractivity contribution in [3.8, 4) is 11.3 Å². The van der Waals surface area contributed by atoms with E-state index in [0.29, 0.717) is 0 Å². The molecule has 0 fully saturated rings. The van der Waals surface area contributed by atoms with Crippen LogP contribution in [-0.4, -0.2) is 9.78 Å². The van der Waals surface area contributed by atoms with Crippen LogP contribution in [0.25, 0.3) is 11.3 Å². The zero-order valence-corrected chi connectivity index (χ0v) is 10.7. The molecule has 0 aliphatic rings. The predicted octanol–water partition coefficient (Wildman–Crippen LogP) is 3.04. The summed E-state index contributed by atoms with van der Waals surface area (Å²) in [5.74, 6) is 0. The average molecular weight is 230 g/mol. The molecule has 1 aromatic carbocycles. The number of aromatic nitrogens is 2. The lowest BCUT2D eigenvalue weighted by molar-refractivity contribution is 0.517. The van der Waals surface area contributed by atoms with Gasteiger partial charge in [0, 0.05) is 17.2 Å². The van der Waals surface area contributed by atoms with Crippen LogP contribution in [0.3, 0.4) is 0 Å². The van der Waals surface area contributed by atoms with Crippen LogP contribution in [-0.2, 0) is 0 Å². The molecule has 0 saturated carbocycles. The van der Waals surface area contributed by atoms with E-state index < -0.39 is 0 Å². The SMILES string of the molecule is Cc1ccccc1-c1[nH]n(C(C)C)c(=O)c1C. The first kappa shape index (κ1) is 11.7. The van der Waals surface area contributed by atoms with E-state index in [-0.39, 0.29) is 11.6 Å². The summed E-state index contributed by atoms with van der Waals surface area (Å²) < 4.78 is 1.68. The maximum Gasteiger partial charge on any atom is 0.270 e. The third kappa shape index (κ3) is 1.93. The van der Waals surface area contributed by atoms with Gasteiger partial charge in [0.05, 0.1) is 5.69 Å². The van der Waals surface area contributed by atoms with Crippen LogP contribution < -0.4 is 5.56 Å². The maximum absolute atomic E-state index is 12.0. The molecule has 0 bridgehead atoms. The molecule has 1 heterocycles. The Kier molecular flexibility index (Phi) is 2.92. The van der Waals surface area contributed by atoms with Gasteiger partial charge < -0.3 is 0 Å². The van der Waals surface area contributed by atoms with Crippen molar-refractivity contribution in [2.45, 2.75) is 33.7 Å². The zero-order valence-electron chi connectivity index (χ0n) is 10.7. The van der Waals surface area contributed by atoms with Crippen molar-refractivity contribution in [3.05, 3.63) is 45.7 Å². The monoisotopic (exact) mass is 230 g/mol. The molecule has 17 heavy (non-hydrogen) atoms. The van der Waals surface area contributed by atoms with E-state index in [4.69, 9.17) is 0 Å². The van der Waals surface area contributed by atoms with Gasteiger partial charge in [0.1, 0.15) is 0 Å². The fourth-order valence-electron chi connectivity index (χ4n) is 2.02. The highest BCUT2D eigenvalue weighted by Crippen LogP contribution is 2.23. The normalized spacial score (nSPS) is 11.1. The smallest absolute Gasteiger partial charge is 0.270 e. The molecule has 3 nitrogen and oxygen atoms in total. The van der Waals surface area contributed by atoms with Gasteiger partial charge in [0.25, 0.3) is 5.56 Å². The summed E-state index contributed by atoms with van der Waals surface area (Å²) in [4.78, 5) is 12.0. The van der Waals surface area contributed by atoms with Gasteiger partial charge in [0.2, 0.25) is 0 Å². The van der Waals surface area contributed by atoms with E-state index in [9.17, 15) is 4.79 Å². The Morgan fingerprint density at radius 1 is 1.18 bits per heavy atom. The molecule has 0 atom stereocenters. The second kappa shape index (κ2) is 4.24. The van der Waals surface area contributed by atoms with E-state index in [2.05, 4.69) is 18.1 Å². The van der Waals surface area contributed by atoms with E-state index in [1.807, 2.05) is 39.0 Å². The molecule has 0 saturated heterocycles. The second-order valence-corrected chi connectivity index (χ2v) is 4.70. The standard InChI is InChI=1S/C14H18N2O/c1-9(2)16-14(17)11(4)13(15-16)12-8-6-5-7-10(12)3/h5-9,15H,1-4H3. The summed E-state index contributed by atoms with van der Waals surface area (Å²) in [5.41, 5.74) is 4.06.